The van der Waals surface area contributed by atoms with Gasteiger partial charge in [-0.05, 0) is 37.3 Å². The predicted molar refractivity (Wildman–Crippen MR) is 114 cm³/mol. The number of benzene rings is 2. The topological polar surface area (TPSA) is 125 Å². The number of rotatable bonds is 5. The quantitative estimate of drug-likeness (QED) is 0.610. The minimum absolute atomic E-state index is 0.0346. The number of sulfonamides is 1. The number of hydrazine groups is 1. The van der Waals surface area contributed by atoms with Gasteiger partial charge in [0.25, 0.3) is 10.0 Å². The van der Waals surface area contributed by atoms with Crippen LogP contribution in [-0.4, -0.2) is 50.1 Å². The Morgan fingerprint density at radius 1 is 1.23 bits per heavy atom. The lowest BCUT2D eigenvalue weighted by Crippen LogP contribution is -2.38. The van der Waals surface area contributed by atoms with Crippen LogP contribution in [0.15, 0.2) is 64.8 Å². The molecule has 0 fully saturated rings. The minimum Gasteiger partial charge on any atom is -0.530 e. The Morgan fingerprint density at radius 2 is 1.94 bits per heavy atom. The number of anilines is 2. The Bertz CT molecular complexity index is 1290. The summed E-state index contributed by atoms with van der Waals surface area (Å²) in [5.74, 6) is 0.0481. The monoisotopic (exact) mass is 441 g/mol. The highest BCUT2D eigenvalue weighted by atomic mass is 32.2. The fourth-order valence-corrected chi connectivity index (χ4v) is 4.50. The molecular formula is C20H21N6O4S-. The molecule has 31 heavy (non-hydrogen) atoms. The van der Waals surface area contributed by atoms with Gasteiger partial charge >= 0.3 is 0 Å². The number of carbonyl (C=O) groups is 1. The second-order valence-corrected chi connectivity index (χ2v) is 8.83. The number of para-hydroxylation sites is 1. The van der Waals surface area contributed by atoms with Crippen molar-refractivity contribution in [2.45, 2.75) is 11.8 Å². The molecule has 0 bridgehead atoms. The van der Waals surface area contributed by atoms with Gasteiger partial charge in [-0.25, -0.2) is 13.4 Å². The zero-order chi connectivity index (χ0) is 22.3. The molecule has 4 rings (SSSR count). The molecule has 0 saturated carbocycles. The number of nitrogens with one attached hydrogen (secondary N) is 2. The average Bonchev–Trinajstić information content (AvgIpc) is 3.29. The maximum atomic E-state index is 13.0. The number of fused-ring (bicyclic) bond motifs is 1. The molecule has 162 valence electrons. The molecule has 0 atom stereocenters. The van der Waals surface area contributed by atoms with Crippen LogP contribution in [0.3, 0.4) is 0 Å². The minimum atomic E-state index is -3.88. The molecular weight excluding hydrogens is 420 g/mol. The molecule has 1 amide bonds. The number of aromatic amines is 1. The van der Waals surface area contributed by atoms with E-state index in [0.717, 1.165) is 16.3 Å². The normalized spacial score (nSPS) is 14.4. The Hall–Kier alpha value is -3.73. The number of carbonyl (C=O) groups excluding carboxylic acids is 1. The lowest BCUT2D eigenvalue weighted by molar-refractivity contribution is -0.246. The number of nitrogens with zero attached hydrogens (tertiary/aromatic N) is 4. The molecule has 1 aliphatic rings. The molecule has 2 aromatic carbocycles. The summed E-state index contributed by atoms with van der Waals surface area (Å²) >= 11 is 0. The smallest absolute Gasteiger partial charge is 0.261 e. The van der Waals surface area contributed by atoms with E-state index in [1.54, 1.807) is 0 Å². The third kappa shape index (κ3) is 3.75. The Balaban J connectivity index is 1.60. The van der Waals surface area contributed by atoms with E-state index >= 15 is 0 Å². The largest absolute Gasteiger partial charge is 0.530 e. The molecule has 11 heteroatoms. The SMILES string of the molecule is CC1=C(NS(=O)(=O)c2ccc3nc(N(C)C(=O)[O-])[nH]c3c2)CN(c2ccccc2)N1C. The number of amides is 1. The van der Waals surface area contributed by atoms with Crippen molar-refractivity contribution in [2.75, 3.05) is 30.5 Å². The summed E-state index contributed by atoms with van der Waals surface area (Å²) < 4.78 is 28.8. The van der Waals surface area contributed by atoms with Crippen LogP contribution in [-0.2, 0) is 10.0 Å². The van der Waals surface area contributed by atoms with Crippen molar-refractivity contribution in [3.8, 4) is 0 Å². The molecule has 0 spiro atoms. The lowest BCUT2D eigenvalue weighted by atomic mass is 10.3. The average molecular weight is 441 g/mol. The Morgan fingerprint density at radius 3 is 2.61 bits per heavy atom. The zero-order valence-corrected chi connectivity index (χ0v) is 18.0. The first-order valence-electron chi connectivity index (χ1n) is 9.40. The van der Waals surface area contributed by atoms with E-state index in [0.29, 0.717) is 23.3 Å². The highest BCUT2D eigenvalue weighted by molar-refractivity contribution is 7.89. The van der Waals surface area contributed by atoms with Crippen molar-refractivity contribution >= 4 is 38.8 Å². The van der Waals surface area contributed by atoms with Gasteiger partial charge in [0.05, 0.1) is 39.6 Å². The summed E-state index contributed by atoms with van der Waals surface area (Å²) in [6.45, 7) is 2.22. The third-order valence-corrected chi connectivity index (χ3v) is 6.64. The van der Waals surface area contributed by atoms with Crippen molar-refractivity contribution in [3.63, 3.8) is 0 Å². The van der Waals surface area contributed by atoms with Crippen LogP contribution in [0.25, 0.3) is 11.0 Å². The number of aromatic nitrogens is 2. The molecule has 1 aliphatic heterocycles. The molecule has 0 radical (unpaired) electrons. The van der Waals surface area contributed by atoms with Crippen LogP contribution in [0.5, 0.6) is 0 Å². The first-order chi connectivity index (χ1) is 14.7. The van der Waals surface area contributed by atoms with Gasteiger partial charge in [-0.2, -0.15) is 0 Å². The van der Waals surface area contributed by atoms with Crippen LogP contribution >= 0.6 is 0 Å². The van der Waals surface area contributed by atoms with Gasteiger partial charge in [-0.1, -0.05) is 18.2 Å². The summed E-state index contributed by atoms with van der Waals surface area (Å²) in [7, 11) is -0.717. The van der Waals surface area contributed by atoms with E-state index < -0.39 is 16.1 Å². The van der Waals surface area contributed by atoms with Crippen molar-refractivity contribution < 1.29 is 18.3 Å². The maximum Gasteiger partial charge on any atom is 0.261 e. The summed E-state index contributed by atoms with van der Waals surface area (Å²) in [4.78, 5) is 18.8. The van der Waals surface area contributed by atoms with Gasteiger partial charge in [0.2, 0.25) is 5.95 Å². The van der Waals surface area contributed by atoms with Crippen molar-refractivity contribution in [2.24, 2.45) is 0 Å². The van der Waals surface area contributed by atoms with E-state index in [2.05, 4.69) is 14.7 Å². The van der Waals surface area contributed by atoms with Crippen LogP contribution < -0.4 is 19.7 Å². The summed E-state index contributed by atoms with van der Waals surface area (Å²) in [5.41, 5.74) is 3.13. The van der Waals surface area contributed by atoms with Crippen LogP contribution in [0, 0.1) is 0 Å². The molecule has 0 aliphatic carbocycles. The van der Waals surface area contributed by atoms with Gasteiger partial charge in [0, 0.05) is 14.1 Å². The number of H-pyrrole nitrogens is 1. The van der Waals surface area contributed by atoms with Gasteiger partial charge in [0.1, 0.15) is 6.09 Å². The second kappa shape index (κ2) is 7.51. The number of hydrogen-bond donors (Lipinski definition) is 2. The van der Waals surface area contributed by atoms with Gasteiger partial charge in [-0.15, -0.1) is 0 Å². The Labute approximate surface area is 179 Å². The van der Waals surface area contributed by atoms with Gasteiger partial charge in [-0.3, -0.25) is 14.7 Å². The molecule has 2 N–H and O–H groups in total. The van der Waals surface area contributed by atoms with E-state index in [9.17, 15) is 18.3 Å². The predicted octanol–water partition coefficient (Wildman–Crippen LogP) is 1.22. The van der Waals surface area contributed by atoms with Crippen LogP contribution in [0.4, 0.5) is 16.4 Å². The fourth-order valence-electron chi connectivity index (χ4n) is 3.33. The third-order valence-electron chi connectivity index (χ3n) is 5.25. The first kappa shape index (κ1) is 20.5. The van der Waals surface area contributed by atoms with E-state index in [1.165, 1.54) is 25.2 Å². The van der Waals surface area contributed by atoms with Crippen molar-refractivity contribution in [1.82, 2.24) is 19.7 Å². The highest BCUT2D eigenvalue weighted by Gasteiger charge is 2.28. The van der Waals surface area contributed by atoms with Gasteiger partial charge < -0.3 is 19.8 Å². The number of imidazole rings is 1. The molecule has 10 nitrogen and oxygen atoms in total. The molecule has 2 heterocycles. The summed E-state index contributed by atoms with van der Waals surface area (Å²) in [6, 6.07) is 14.0. The number of hydrogen-bond acceptors (Lipinski definition) is 7. The molecule has 0 saturated heterocycles. The first-order valence-corrected chi connectivity index (χ1v) is 10.9. The highest BCUT2D eigenvalue weighted by Crippen LogP contribution is 2.27. The second-order valence-electron chi connectivity index (χ2n) is 7.15. The maximum absolute atomic E-state index is 13.0. The van der Waals surface area contributed by atoms with E-state index in [4.69, 9.17) is 0 Å². The fraction of sp³-hybridized carbons (Fsp3) is 0.200. The molecule has 3 aromatic rings. The lowest BCUT2D eigenvalue weighted by Gasteiger charge is -2.29. The summed E-state index contributed by atoms with van der Waals surface area (Å²) in [5, 5.41) is 14.9. The number of allylic oxidation sites excluding steroid dienone is 1. The van der Waals surface area contributed by atoms with Crippen molar-refractivity contribution in [3.05, 3.63) is 59.9 Å². The zero-order valence-electron chi connectivity index (χ0n) is 17.2. The van der Waals surface area contributed by atoms with Gasteiger partial charge in [0.15, 0.2) is 0 Å². The van der Waals surface area contributed by atoms with Crippen LogP contribution in [0.2, 0.25) is 0 Å². The van der Waals surface area contributed by atoms with Crippen molar-refractivity contribution in [1.29, 1.82) is 0 Å². The molecule has 0 unspecified atom stereocenters. The molecule has 1 aromatic heterocycles. The summed E-state index contributed by atoms with van der Waals surface area (Å²) in [6.07, 6.45) is -1.43. The van der Waals surface area contributed by atoms with E-state index in [-0.39, 0.29) is 10.8 Å². The number of carboxylic acid groups (broad SMARTS) is 1. The Kier molecular flexibility index (Phi) is 4.97. The standard InChI is InChI=1S/C20H22N6O4S/c1-13-18(12-26(25(13)3)14-7-5-4-6-8-14)23-31(29,30)15-9-10-16-17(11-15)22-19(21-16)24(2)20(27)28/h4-11,23H,12H2,1-3H3,(H,21,22)(H,27,28)/p-1. The van der Waals surface area contributed by atoms with E-state index in [1.807, 2.05) is 54.3 Å². The van der Waals surface area contributed by atoms with Crippen LogP contribution in [0.1, 0.15) is 6.92 Å².